The van der Waals surface area contributed by atoms with Crippen LogP contribution in [-0.2, 0) is 0 Å². The average Bonchev–Trinajstić information content (AvgIpc) is 2.30. The van der Waals surface area contributed by atoms with Gasteiger partial charge < -0.3 is 10.6 Å². The molecule has 2 fully saturated rings. The first-order chi connectivity index (χ1) is 7.34. The molecule has 0 spiro atoms. The fourth-order valence-electron chi connectivity index (χ4n) is 3.02. The molecule has 2 rings (SSSR count). The first kappa shape index (κ1) is 14.3. The SMILES string of the molecule is Cl.NC1CCN(CCC2CCCCC2)CC1. The van der Waals surface area contributed by atoms with E-state index in [0.29, 0.717) is 6.04 Å². The van der Waals surface area contributed by atoms with Crippen LogP contribution in [0.5, 0.6) is 0 Å². The van der Waals surface area contributed by atoms with Crippen molar-refractivity contribution >= 4 is 12.4 Å². The van der Waals surface area contributed by atoms with Crippen molar-refractivity contribution in [1.82, 2.24) is 4.90 Å². The van der Waals surface area contributed by atoms with Gasteiger partial charge in [-0.05, 0) is 44.8 Å². The summed E-state index contributed by atoms with van der Waals surface area (Å²) >= 11 is 0. The molecule has 1 saturated heterocycles. The van der Waals surface area contributed by atoms with Gasteiger partial charge in [0.15, 0.2) is 0 Å². The van der Waals surface area contributed by atoms with Crippen LogP contribution in [0.25, 0.3) is 0 Å². The molecule has 0 unspecified atom stereocenters. The summed E-state index contributed by atoms with van der Waals surface area (Å²) in [5.74, 6) is 1.04. The standard InChI is InChI=1S/C13H26N2.ClH/c14-13-7-10-15(11-8-13)9-6-12-4-2-1-3-5-12;/h12-13H,1-11,14H2;1H. The number of rotatable bonds is 3. The summed E-state index contributed by atoms with van der Waals surface area (Å²) in [6, 6.07) is 0.482. The Morgan fingerprint density at radius 1 is 0.938 bits per heavy atom. The van der Waals surface area contributed by atoms with Gasteiger partial charge >= 0.3 is 0 Å². The van der Waals surface area contributed by atoms with E-state index < -0.39 is 0 Å². The Hall–Kier alpha value is 0.210. The number of nitrogens with two attached hydrogens (primary N) is 1. The molecule has 0 aromatic heterocycles. The normalized spacial score (nSPS) is 25.3. The molecule has 0 aromatic carbocycles. The van der Waals surface area contributed by atoms with Crippen LogP contribution in [0.4, 0.5) is 0 Å². The summed E-state index contributed by atoms with van der Waals surface area (Å²) in [6.45, 7) is 3.82. The molecule has 1 aliphatic heterocycles. The first-order valence-corrected chi connectivity index (χ1v) is 6.82. The molecule has 2 aliphatic rings. The number of halogens is 1. The molecular formula is C13H27ClN2. The Morgan fingerprint density at radius 2 is 1.56 bits per heavy atom. The Labute approximate surface area is 106 Å². The molecule has 1 aliphatic carbocycles. The summed E-state index contributed by atoms with van der Waals surface area (Å²) in [5.41, 5.74) is 5.91. The fraction of sp³-hybridized carbons (Fsp3) is 1.00. The minimum Gasteiger partial charge on any atom is -0.328 e. The number of piperidine rings is 1. The lowest BCUT2D eigenvalue weighted by molar-refractivity contribution is 0.190. The van der Waals surface area contributed by atoms with E-state index in [-0.39, 0.29) is 12.4 Å². The van der Waals surface area contributed by atoms with Crippen molar-refractivity contribution in [1.29, 1.82) is 0 Å². The Bertz CT molecular complexity index is 173. The zero-order valence-corrected chi connectivity index (χ0v) is 11.2. The molecule has 0 amide bonds. The van der Waals surface area contributed by atoms with Crippen molar-refractivity contribution in [2.24, 2.45) is 11.7 Å². The van der Waals surface area contributed by atoms with Crippen LogP contribution in [-0.4, -0.2) is 30.6 Å². The third kappa shape index (κ3) is 4.60. The van der Waals surface area contributed by atoms with E-state index in [9.17, 15) is 0 Å². The molecule has 0 atom stereocenters. The second kappa shape index (κ2) is 7.52. The lowest BCUT2D eigenvalue weighted by Gasteiger charge is -2.31. The summed E-state index contributed by atoms with van der Waals surface area (Å²) < 4.78 is 0. The number of nitrogens with zero attached hydrogens (tertiary/aromatic N) is 1. The molecule has 1 heterocycles. The highest BCUT2D eigenvalue weighted by Crippen LogP contribution is 2.26. The molecular weight excluding hydrogens is 220 g/mol. The van der Waals surface area contributed by atoms with Crippen molar-refractivity contribution in [2.45, 2.75) is 57.4 Å². The van der Waals surface area contributed by atoms with Gasteiger partial charge in [0.1, 0.15) is 0 Å². The van der Waals surface area contributed by atoms with Gasteiger partial charge in [-0.1, -0.05) is 32.1 Å². The highest BCUT2D eigenvalue weighted by molar-refractivity contribution is 5.85. The van der Waals surface area contributed by atoms with Crippen molar-refractivity contribution in [3.8, 4) is 0 Å². The van der Waals surface area contributed by atoms with Gasteiger partial charge in [0.25, 0.3) is 0 Å². The number of hydrogen-bond donors (Lipinski definition) is 1. The predicted octanol–water partition coefficient (Wildman–Crippen LogP) is 2.80. The van der Waals surface area contributed by atoms with Crippen LogP contribution in [0, 0.1) is 5.92 Å². The van der Waals surface area contributed by atoms with Crippen molar-refractivity contribution < 1.29 is 0 Å². The highest BCUT2D eigenvalue weighted by atomic mass is 35.5. The van der Waals surface area contributed by atoms with Gasteiger partial charge in [0, 0.05) is 6.04 Å². The van der Waals surface area contributed by atoms with Crippen molar-refractivity contribution in [3.05, 3.63) is 0 Å². The van der Waals surface area contributed by atoms with E-state index in [1.54, 1.807) is 0 Å². The maximum atomic E-state index is 5.91. The van der Waals surface area contributed by atoms with Gasteiger partial charge in [0.05, 0.1) is 0 Å². The molecule has 96 valence electrons. The molecule has 1 saturated carbocycles. The second-order valence-corrected chi connectivity index (χ2v) is 5.47. The van der Waals surface area contributed by atoms with Crippen LogP contribution < -0.4 is 5.73 Å². The van der Waals surface area contributed by atoms with Gasteiger partial charge in [-0.25, -0.2) is 0 Å². The lowest BCUT2D eigenvalue weighted by Crippen LogP contribution is -2.40. The quantitative estimate of drug-likeness (QED) is 0.830. The summed E-state index contributed by atoms with van der Waals surface area (Å²) in [6.07, 6.45) is 11.3. The molecule has 0 bridgehead atoms. The third-order valence-corrected chi connectivity index (χ3v) is 4.21. The minimum atomic E-state index is 0. The number of hydrogen-bond acceptors (Lipinski definition) is 2. The maximum Gasteiger partial charge on any atom is 0.00631 e. The van der Waals surface area contributed by atoms with Crippen molar-refractivity contribution in [2.75, 3.05) is 19.6 Å². The first-order valence-electron chi connectivity index (χ1n) is 6.82. The van der Waals surface area contributed by atoms with Crippen LogP contribution in [0.15, 0.2) is 0 Å². The van der Waals surface area contributed by atoms with Crippen molar-refractivity contribution in [3.63, 3.8) is 0 Å². The summed E-state index contributed by atoms with van der Waals surface area (Å²) in [5, 5.41) is 0. The topological polar surface area (TPSA) is 29.3 Å². The smallest absolute Gasteiger partial charge is 0.00631 e. The largest absolute Gasteiger partial charge is 0.328 e. The van der Waals surface area contributed by atoms with Crippen LogP contribution in [0.1, 0.15) is 51.4 Å². The monoisotopic (exact) mass is 246 g/mol. The Balaban J connectivity index is 0.00000128. The number of likely N-dealkylation sites (tertiary alicyclic amines) is 1. The molecule has 2 N–H and O–H groups in total. The Kier molecular flexibility index (Phi) is 6.71. The molecule has 3 heteroatoms. The third-order valence-electron chi connectivity index (χ3n) is 4.21. The molecule has 16 heavy (non-hydrogen) atoms. The van der Waals surface area contributed by atoms with Crippen LogP contribution in [0.3, 0.4) is 0 Å². The van der Waals surface area contributed by atoms with E-state index in [2.05, 4.69) is 4.90 Å². The van der Waals surface area contributed by atoms with E-state index >= 15 is 0 Å². The van der Waals surface area contributed by atoms with Gasteiger partial charge in [-0.15, -0.1) is 12.4 Å². The second-order valence-electron chi connectivity index (χ2n) is 5.47. The summed E-state index contributed by atoms with van der Waals surface area (Å²) in [4.78, 5) is 2.62. The van der Waals surface area contributed by atoms with E-state index in [1.165, 1.54) is 71.0 Å². The fourth-order valence-corrected chi connectivity index (χ4v) is 3.02. The minimum absolute atomic E-state index is 0. The van der Waals surface area contributed by atoms with Crippen LogP contribution >= 0.6 is 12.4 Å². The highest BCUT2D eigenvalue weighted by Gasteiger charge is 2.18. The molecule has 2 nitrogen and oxygen atoms in total. The van der Waals surface area contributed by atoms with Gasteiger partial charge in [-0.2, -0.15) is 0 Å². The lowest BCUT2D eigenvalue weighted by atomic mass is 9.87. The van der Waals surface area contributed by atoms with Crippen LogP contribution in [0.2, 0.25) is 0 Å². The maximum absolute atomic E-state index is 5.91. The zero-order valence-electron chi connectivity index (χ0n) is 10.4. The van der Waals surface area contributed by atoms with E-state index in [0.717, 1.165) is 5.92 Å². The molecule has 0 aromatic rings. The Morgan fingerprint density at radius 3 is 2.19 bits per heavy atom. The van der Waals surface area contributed by atoms with Gasteiger partial charge in [0.2, 0.25) is 0 Å². The van der Waals surface area contributed by atoms with E-state index in [1.807, 2.05) is 0 Å². The summed E-state index contributed by atoms with van der Waals surface area (Å²) in [7, 11) is 0. The van der Waals surface area contributed by atoms with Gasteiger partial charge in [-0.3, -0.25) is 0 Å². The zero-order chi connectivity index (χ0) is 10.5. The molecule has 0 radical (unpaired) electrons. The predicted molar refractivity (Wildman–Crippen MR) is 72.1 cm³/mol. The van der Waals surface area contributed by atoms with E-state index in [4.69, 9.17) is 5.73 Å². The average molecular weight is 247 g/mol.